The van der Waals surface area contributed by atoms with E-state index in [-0.39, 0.29) is 23.4 Å². The van der Waals surface area contributed by atoms with Gasteiger partial charge in [0.05, 0.1) is 5.56 Å². The van der Waals surface area contributed by atoms with E-state index in [4.69, 9.17) is 0 Å². The predicted octanol–water partition coefficient (Wildman–Crippen LogP) is 2.85. The molecule has 3 rings (SSSR count). The Kier molecular flexibility index (Phi) is 3.43. The molecular weight excluding hydrogens is 278 g/mol. The number of benzene rings is 1. The maximum Gasteiger partial charge on any atom is 0.270 e. The number of H-pyrrole nitrogens is 1. The summed E-state index contributed by atoms with van der Waals surface area (Å²) in [5, 5.41) is 5.70. The third kappa shape index (κ3) is 2.26. The van der Waals surface area contributed by atoms with Crippen LogP contribution in [0.3, 0.4) is 0 Å². The second-order valence-corrected chi connectivity index (χ2v) is 6.32. The van der Waals surface area contributed by atoms with Gasteiger partial charge in [-0.05, 0) is 44.4 Å². The lowest BCUT2D eigenvalue weighted by Gasteiger charge is -2.24. The molecule has 1 atom stereocenters. The standard InChI is InChI=1S/C17H21N3O2/c1-9(2)20-16-15(17(22)19-20)13(8-14(21)18-16)12-6-5-10(3)11(4)7-12/h5-7,9,13H,8H2,1-4H3,(H,18,21)(H,19,22). The van der Waals surface area contributed by atoms with E-state index in [1.165, 1.54) is 11.1 Å². The number of aromatic amines is 1. The molecule has 1 aromatic carbocycles. The molecule has 0 saturated carbocycles. The smallest absolute Gasteiger partial charge is 0.270 e. The first-order valence-corrected chi connectivity index (χ1v) is 7.60. The molecule has 0 bridgehead atoms. The molecule has 0 fully saturated rings. The van der Waals surface area contributed by atoms with Gasteiger partial charge in [-0.3, -0.25) is 19.4 Å². The van der Waals surface area contributed by atoms with Gasteiger partial charge in [0.15, 0.2) is 0 Å². The lowest BCUT2D eigenvalue weighted by Crippen LogP contribution is -2.27. The van der Waals surface area contributed by atoms with Crippen LogP contribution in [-0.2, 0) is 4.79 Å². The SMILES string of the molecule is Cc1ccc(C2CC(=O)Nc3c2c(=O)[nH]n3C(C)C)cc1C. The Balaban J connectivity index is 2.18. The lowest BCUT2D eigenvalue weighted by atomic mass is 9.86. The molecule has 2 N–H and O–H groups in total. The number of nitrogens with zero attached hydrogens (tertiary/aromatic N) is 1. The average Bonchev–Trinajstić information content (AvgIpc) is 2.78. The van der Waals surface area contributed by atoms with Crippen molar-refractivity contribution >= 4 is 11.7 Å². The van der Waals surface area contributed by atoms with Crippen LogP contribution in [0.5, 0.6) is 0 Å². The van der Waals surface area contributed by atoms with Crippen molar-refractivity contribution in [1.29, 1.82) is 0 Å². The van der Waals surface area contributed by atoms with Crippen molar-refractivity contribution in [2.45, 2.75) is 46.1 Å². The average molecular weight is 299 g/mol. The zero-order chi connectivity index (χ0) is 16.0. The Morgan fingerprint density at radius 1 is 1.18 bits per heavy atom. The maximum atomic E-state index is 12.4. The Morgan fingerprint density at radius 3 is 2.55 bits per heavy atom. The van der Waals surface area contributed by atoms with Gasteiger partial charge >= 0.3 is 0 Å². The van der Waals surface area contributed by atoms with Gasteiger partial charge in [0.25, 0.3) is 5.56 Å². The summed E-state index contributed by atoms with van der Waals surface area (Å²) in [6.45, 7) is 8.05. The summed E-state index contributed by atoms with van der Waals surface area (Å²) in [4.78, 5) is 24.5. The van der Waals surface area contributed by atoms with E-state index in [0.717, 1.165) is 5.56 Å². The highest BCUT2D eigenvalue weighted by molar-refractivity contribution is 5.94. The van der Waals surface area contributed by atoms with Crippen LogP contribution in [0.4, 0.5) is 5.82 Å². The number of aromatic nitrogens is 2. The molecule has 0 radical (unpaired) electrons. The predicted molar refractivity (Wildman–Crippen MR) is 86.4 cm³/mol. The summed E-state index contributed by atoms with van der Waals surface area (Å²) in [5.41, 5.74) is 3.94. The minimum Gasteiger partial charge on any atom is -0.311 e. The number of fused-ring (bicyclic) bond motifs is 1. The molecule has 1 aliphatic heterocycles. The zero-order valence-electron chi connectivity index (χ0n) is 13.4. The van der Waals surface area contributed by atoms with Crippen molar-refractivity contribution in [3.8, 4) is 0 Å². The normalized spacial score (nSPS) is 17.5. The van der Waals surface area contributed by atoms with Gasteiger partial charge < -0.3 is 5.32 Å². The van der Waals surface area contributed by atoms with E-state index in [2.05, 4.69) is 23.4 Å². The van der Waals surface area contributed by atoms with Gasteiger partial charge in [0.1, 0.15) is 5.82 Å². The monoisotopic (exact) mass is 299 g/mol. The molecule has 1 amide bonds. The second-order valence-electron chi connectivity index (χ2n) is 6.32. The molecule has 22 heavy (non-hydrogen) atoms. The summed E-state index contributed by atoms with van der Waals surface area (Å²) < 4.78 is 1.74. The fraction of sp³-hybridized carbons (Fsp3) is 0.412. The molecular formula is C17H21N3O2. The first-order valence-electron chi connectivity index (χ1n) is 7.60. The Hall–Kier alpha value is -2.30. The molecule has 116 valence electrons. The number of carbonyl (C=O) groups excluding carboxylic acids is 1. The highest BCUT2D eigenvalue weighted by atomic mass is 16.2. The largest absolute Gasteiger partial charge is 0.311 e. The molecule has 5 heteroatoms. The van der Waals surface area contributed by atoms with Crippen LogP contribution in [0.2, 0.25) is 0 Å². The van der Waals surface area contributed by atoms with Crippen LogP contribution < -0.4 is 10.9 Å². The number of carbonyl (C=O) groups is 1. The molecule has 5 nitrogen and oxygen atoms in total. The van der Waals surface area contributed by atoms with Gasteiger partial charge in [-0.15, -0.1) is 0 Å². The third-order valence-electron chi connectivity index (χ3n) is 4.41. The quantitative estimate of drug-likeness (QED) is 0.895. The maximum absolute atomic E-state index is 12.4. The Morgan fingerprint density at radius 2 is 1.91 bits per heavy atom. The van der Waals surface area contributed by atoms with Crippen molar-refractivity contribution in [2.24, 2.45) is 0 Å². The molecule has 0 spiro atoms. The van der Waals surface area contributed by atoms with Crippen LogP contribution in [0.1, 0.15) is 54.5 Å². The number of hydrogen-bond donors (Lipinski definition) is 2. The second kappa shape index (κ2) is 5.16. The van der Waals surface area contributed by atoms with Crippen LogP contribution in [-0.4, -0.2) is 15.7 Å². The molecule has 0 saturated heterocycles. The van der Waals surface area contributed by atoms with Gasteiger partial charge in [-0.25, -0.2) is 0 Å². The van der Waals surface area contributed by atoms with E-state index in [1.54, 1.807) is 4.68 Å². The van der Waals surface area contributed by atoms with E-state index < -0.39 is 0 Å². The molecule has 1 unspecified atom stereocenters. The molecule has 2 aromatic rings. The number of nitrogens with one attached hydrogen (secondary N) is 2. The Bertz CT molecular complexity index is 799. The van der Waals surface area contributed by atoms with Crippen molar-refractivity contribution in [3.63, 3.8) is 0 Å². The topological polar surface area (TPSA) is 66.9 Å². The van der Waals surface area contributed by atoms with Gasteiger partial charge in [-0.1, -0.05) is 18.2 Å². The van der Waals surface area contributed by atoms with E-state index >= 15 is 0 Å². The molecule has 2 heterocycles. The number of rotatable bonds is 2. The van der Waals surface area contributed by atoms with E-state index in [0.29, 0.717) is 17.8 Å². The minimum atomic E-state index is -0.188. The number of aryl methyl sites for hydroxylation is 2. The van der Waals surface area contributed by atoms with E-state index in [1.807, 2.05) is 32.9 Å². The van der Waals surface area contributed by atoms with Crippen LogP contribution in [0, 0.1) is 13.8 Å². The molecule has 1 aliphatic rings. The molecule has 0 aliphatic carbocycles. The third-order valence-corrected chi connectivity index (χ3v) is 4.41. The summed E-state index contributed by atoms with van der Waals surface area (Å²) in [6, 6.07) is 6.22. The Labute approximate surface area is 129 Å². The summed E-state index contributed by atoms with van der Waals surface area (Å²) >= 11 is 0. The molecule has 1 aromatic heterocycles. The number of anilines is 1. The zero-order valence-corrected chi connectivity index (χ0v) is 13.4. The first kappa shape index (κ1) is 14.6. The summed E-state index contributed by atoms with van der Waals surface area (Å²) in [6.07, 6.45) is 0.306. The fourth-order valence-corrected chi connectivity index (χ4v) is 3.04. The van der Waals surface area contributed by atoms with Crippen LogP contribution in [0.15, 0.2) is 23.0 Å². The highest BCUT2D eigenvalue weighted by Crippen LogP contribution is 2.36. The lowest BCUT2D eigenvalue weighted by molar-refractivity contribution is -0.116. The minimum absolute atomic E-state index is 0.0517. The van der Waals surface area contributed by atoms with Gasteiger partial charge in [-0.2, -0.15) is 0 Å². The van der Waals surface area contributed by atoms with Crippen LogP contribution >= 0.6 is 0 Å². The van der Waals surface area contributed by atoms with Crippen molar-refractivity contribution in [2.75, 3.05) is 5.32 Å². The van der Waals surface area contributed by atoms with Crippen molar-refractivity contribution < 1.29 is 4.79 Å². The van der Waals surface area contributed by atoms with Crippen molar-refractivity contribution in [3.05, 3.63) is 50.8 Å². The summed E-state index contributed by atoms with van der Waals surface area (Å²) in [5.74, 6) is 0.371. The number of amides is 1. The van der Waals surface area contributed by atoms with Gasteiger partial charge in [0, 0.05) is 18.4 Å². The van der Waals surface area contributed by atoms with Crippen LogP contribution in [0.25, 0.3) is 0 Å². The van der Waals surface area contributed by atoms with E-state index in [9.17, 15) is 9.59 Å². The summed E-state index contributed by atoms with van der Waals surface area (Å²) in [7, 11) is 0. The number of hydrogen-bond acceptors (Lipinski definition) is 2. The first-order chi connectivity index (χ1) is 10.4. The highest BCUT2D eigenvalue weighted by Gasteiger charge is 2.33. The van der Waals surface area contributed by atoms with Gasteiger partial charge in [0.2, 0.25) is 5.91 Å². The van der Waals surface area contributed by atoms with Crippen molar-refractivity contribution in [1.82, 2.24) is 9.78 Å². The fourth-order valence-electron chi connectivity index (χ4n) is 3.04.